The average Bonchev–Trinajstić information content (AvgIpc) is 2.97. The van der Waals surface area contributed by atoms with Crippen LogP contribution in [0.2, 0.25) is 0 Å². The Bertz CT molecular complexity index is 380. The van der Waals surface area contributed by atoms with Gasteiger partial charge in [-0.1, -0.05) is 12.1 Å². The van der Waals surface area contributed by atoms with Crippen LogP contribution in [-0.4, -0.2) is 19.6 Å². The average molecular weight is 216 g/mol. The summed E-state index contributed by atoms with van der Waals surface area (Å²) in [5.74, 6) is 0.604. The summed E-state index contributed by atoms with van der Waals surface area (Å²) in [6.45, 7) is 3.26. The van der Waals surface area contributed by atoms with E-state index in [1.54, 1.807) is 11.1 Å². The van der Waals surface area contributed by atoms with Crippen LogP contribution in [-0.2, 0) is 6.42 Å². The summed E-state index contributed by atoms with van der Waals surface area (Å²) in [5.41, 5.74) is 10.5. The van der Waals surface area contributed by atoms with Gasteiger partial charge in [0.15, 0.2) is 0 Å². The molecule has 1 heterocycles. The molecule has 1 fully saturated rings. The Kier molecular flexibility index (Phi) is 2.60. The third-order valence-electron chi connectivity index (χ3n) is 4.08. The van der Waals surface area contributed by atoms with Crippen LogP contribution in [0.5, 0.6) is 0 Å². The first-order valence-corrected chi connectivity index (χ1v) is 6.47. The van der Waals surface area contributed by atoms with Crippen LogP contribution in [0, 0.1) is 0 Å². The van der Waals surface area contributed by atoms with Gasteiger partial charge in [-0.15, -0.1) is 0 Å². The number of fused-ring (bicyclic) bond motifs is 1. The fourth-order valence-electron chi connectivity index (χ4n) is 3.23. The van der Waals surface area contributed by atoms with Crippen molar-refractivity contribution in [1.82, 2.24) is 0 Å². The molecule has 0 spiro atoms. The van der Waals surface area contributed by atoms with Crippen molar-refractivity contribution in [2.45, 2.75) is 31.6 Å². The molecule has 0 radical (unpaired) electrons. The number of rotatable bonds is 2. The number of hydrogen-bond donors (Lipinski definition) is 1. The number of benzene rings is 1. The summed E-state index contributed by atoms with van der Waals surface area (Å²) >= 11 is 0. The van der Waals surface area contributed by atoms with Gasteiger partial charge in [0.2, 0.25) is 0 Å². The van der Waals surface area contributed by atoms with Crippen LogP contribution in [0.3, 0.4) is 0 Å². The lowest BCUT2D eigenvalue weighted by Gasteiger charge is -2.23. The molecule has 0 bridgehead atoms. The summed E-state index contributed by atoms with van der Waals surface area (Å²) in [5, 5.41) is 0. The van der Waals surface area contributed by atoms with Crippen molar-refractivity contribution in [3.63, 3.8) is 0 Å². The van der Waals surface area contributed by atoms with E-state index in [0.717, 1.165) is 6.54 Å². The minimum absolute atomic E-state index is 0.604. The lowest BCUT2D eigenvalue weighted by molar-refractivity contribution is 0.686. The molecule has 1 aromatic carbocycles. The maximum absolute atomic E-state index is 5.90. The van der Waals surface area contributed by atoms with E-state index in [0.29, 0.717) is 5.92 Å². The molecule has 1 unspecified atom stereocenters. The zero-order valence-corrected chi connectivity index (χ0v) is 9.78. The van der Waals surface area contributed by atoms with Crippen molar-refractivity contribution in [3.8, 4) is 0 Å². The molecule has 0 aromatic heterocycles. The van der Waals surface area contributed by atoms with Crippen LogP contribution < -0.4 is 10.6 Å². The Labute approximate surface area is 97.4 Å². The van der Waals surface area contributed by atoms with Gasteiger partial charge in [0.1, 0.15) is 0 Å². The highest BCUT2D eigenvalue weighted by Crippen LogP contribution is 2.39. The molecule has 2 nitrogen and oxygen atoms in total. The van der Waals surface area contributed by atoms with Crippen molar-refractivity contribution in [3.05, 3.63) is 29.3 Å². The van der Waals surface area contributed by atoms with Gasteiger partial charge in [-0.25, -0.2) is 0 Å². The lowest BCUT2D eigenvalue weighted by atomic mass is 9.99. The Hall–Kier alpha value is -1.02. The first-order chi connectivity index (χ1) is 7.90. The summed E-state index contributed by atoms with van der Waals surface area (Å²) < 4.78 is 0. The lowest BCUT2D eigenvalue weighted by Crippen LogP contribution is -2.21. The van der Waals surface area contributed by atoms with E-state index in [1.165, 1.54) is 44.5 Å². The van der Waals surface area contributed by atoms with E-state index in [2.05, 4.69) is 23.1 Å². The maximum atomic E-state index is 5.90. The first kappa shape index (κ1) is 10.2. The Morgan fingerprint density at radius 2 is 2.06 bits per heavy atom. The summed E-state index contributed by atoms with van der Waals surface area (Å²) in [4.78, 5) is 2.55. The van der Waals surface area contributed by atoms with Crippen molar-refractivity contribution < 1.29 is 0 Å². The van der Waals surface area contributed by atoms with E-state index in [9.17, 15) is 0 Å². The van der Waals surface area contributed by atoms with E-state index in [4.69, 9.17) is 5.73 Å². The second kappa shape index (κ2) is 4.10. The molecule has 1 atom stereocenters. The van der Waals surface area contributed by atoms with Gasteiger partial charge in [0.25, 0.3) is 0 Å². The molecule has 3 rings (SSSR count). The van der Waals surface area contributed by atoms with Crippen molar-refractivity contribution in [2.75, 3.05) is 24.5 Å². The second-order valence-electron chi connectivity index (χ2n) is 5.02. The van der Waals surface area contributed by atoms with Gasteiger partial charge >= 0.3 is 0 Å². The Balaban J connectivity index is 2.01. The summed E-state index contributed by atoms with van der Waals surface area (Å²) in [6.07, 6.45) is 5.16. The Morgan fingerprint density at radius 1 is 1.25 bits per heavy atom. The minimum Gasteiger partial charge on any atom is -0.371 e. The molecular weight excluding hydrogens is 196 g/mol. The van der Waals surface area contributed by atoms with Crippen LogP contribution in [0.15, 0.2) is 18.2 Å². The monoisotopic (exact) mass is 216 g/mol. The third kappa shape index (κ3) is 1.52. The highest BCUT2D eigenvalue weighted by molar-refractivity contribution is 5.60. The number of aryl methyl sites for hydroxylation is 1. The molecule has 0 amide bonds. The highest BCUT2D eigenvalue weighted by atomic mass is 15.1. The van der Waals surface area contributed by atoms with Gasteiger partial charge in [0, 0.05) is 18.8 Å². The van der Waals surface area contributed by atoms with Crippen molar-refractivity contribution in [1.29, 1.82) is 0 Å². The molecule has 2 N–H and O–H groups in total. The molecule has 2 aliphatic rings. The predicted molar refractivity (Wildman–Crippen MR) is 68.0 cm³/mol. The molecule has 1 aliphatic carbocycles. The zero-order chi connectivity index (χ0) is 11.0. The standard InChI is InChI=1S/C14H20N2/c15-10-12-7-6-11-4-3-5-13(14(11)12)16-8-1-2-9-16/h3-5,12H,1-2,6-10,15H2. The number of nitrogens with zero attached hydrogens (tertiary/aromatic N) is 1. The minimum atomic E-state index is 0.604. The van der Waals surface area contributed by atoms with E-state index >= 15 is 0 Å². The molecule has 1 aliphatic heterocycles. The fraction of sp³-hybridized carbons (Fsp3) is 0.571. The topological polar surface area (TPSA) is 29.3 Å². The predicted octanol–water partition coefficient (Wildman–Crippen LogP) is 2.28. The SMILES string of the molecule is NCC1CCc2cccc(N3CCCC3)c21. The molecule has 16 heavy (non-hydrogen) atoms. The van der Waals surface area contributed by atoms with Crippen LogP contribution >= 0.6 is 0 Å². The van der Waals surface area contributed by atoms with E-state index in [-0.39, 0.29) is 0 Å². The van der Waals surface area contributed by atoms with E-state index in [1.807, 2.05) is 0 Å². The van der Waals surface area contributed by atoms with E-state index < -0.39 is 0 Å². The quantitative estimate of drug-likeness (QED) is 0.821. The van der Waals surface area contributed by atoms with Gasteiger partial charge in [-0.3, -0.25) is 0 Å². The smallest absolute Gasteiger partial charge is 0.0404 e. The number of hydrogen-bond acceptors (Lipinski definition) is 2. The van der Waals surface area contributed by atoms with Crippen LogP contribution in [0.1, 0.15) is 36.3 Å². The zero-order valence-electron chi connectivity index (χ0n) is 9.78. The third-order valence-corrected chi connectivity index (χ3v) is 4.08. The first-order valence-electron chi connectivity index (χ1n) is 6.47. The molecule has 86 valence electrons. The maximum Gasteiger partial charge on any atom is 0.0404 e. The van der Waals surface area contributed by atoms with Gasteiger partial charge in [-0.2, -0.15) is 0 Å². The van der Waals surface area contributed by atoms with Crippen LogP contribution in [0.4, 0.5) is 5.69 Å². The molecule has 2 heteroatoms. The van der Waals surface area contributed by atoms with Crippen LogP contribution in [0.25, 0.3) is 0 Å². The normalized spacial score (nSPS) is 23.8. The largest absolute Gasteiger partial charge is 0.371 e. The van der Waals surface area contributed by atoms with Gasteiger partial charge in [-0.05, 0) is 55.3 Å². The van der Waals surface area contributed by atoms with Crippen molar-refractivity contribution in [2.24, 2.45) is 5.73 Å². The summed E-state index contributed by atoms with van der Waals surface area (Å²) in [7, 11) is 0. The molecule has 0 saturated carbocycles. The van der Waals surface area contributed by atoms with Gasteiger partial charge in [0.05, 0.1) is 0 Å². The number of anilines is 1. The second-order valence-corrected chi connectivity index (χ2v) is 5.02. The molecule has 1 saturated heterocycles. The highest BCUT2D eigenvalue weighted by Gasteiger charge is 2.26. The molecular formula is C14H20N2. The summed E-state index contributed by atoms with van der Waals surface area (Å²) in [6, 6.07) is 6.79. The molecule has 1 aromatic rings. The van der Waals surface area contributed by atoms with Gasteiger partial charge < -0.3 is 10.6 Å². The Morgan fingerprint density at radius 3 is 2.81 bits per heavy atom. The van der Waals surface area contributed by atoms with Crippen molar-refractivity contribution >= 4 is 5.69 Å². The fourth-order valence-corrected chi connectivity index (χ4v) is 3.23. The number of nitrogens with two attached hydrogens (primary N) is 1.